The number of nitrogens with zero attached hydrogens (tertiary/aromatic N) is 5. The van der Waals surface area contributed by atoms with Gasteiger partial charge in [-0.2, -0.15) is 10.1 Å². The molecule has 1 fully saturated rings. The van der Waals surface area contributed by atoms with Gasteiger partial charge in [-0.1, -0.05) is 85.8 Å². The Hall–Kier alpha value is -5.78. The van der Waals surface area contributed by atoms with Gasteiger partial charge in [0.25, 0.3) is 5.91 Å². The summed E-state index contributed by atoms with van der Waals surface area (Å²) in [6.45, 7) is 10.7. The number of anilines is 4. The molecule has 0 unspecified atom stereocenters. The summed E-state index contributed by atoms with van der Waals surface area (Å²) in [5, 5.41) is 18.5. The molecule has 4 N–H and O–H groups in total. The number of alkyl halides is 1. The molecule has 15 heteroatoms. The zero-order valence-electron chi connectivity index (χ0n) is 34.6. The summed E-state index contributed by atoms with van der Waals surface area (Å²) in [5.74, 6) is 2.30. The van der Waals surface area contributed by atoms with E-state index in [4.69, 9.17) is 20.7 Å². The van der Waals surface area contributed by atoms with E-state index in [2.05, 4.69) is 50.0 Å². The summed E-state index contributed by atoms with van der Waals surface area (Å²) in [6.07, 6.45) is 2.37. The fourth-order valence-corrected chi connectivity index (χ4v) is 6.57. The number of morpholine rings is 1. The number of hydrogen-bond donors (Lipinski definition) is 4. The maximum atomic E-state index is 13.5. The quantitative estimate of drug-likeness (QED) is 0.0614. The van der Waals surface area contributed by atoms with E-state index in [1.165, 1.54) is 7.11 Å². The Balaban J connectivity index is 0.00000171. The Bertz CT molecular complexity index is 2370. The van der Waals surface area contributed by atoms with Crippen molar-refractivity contribution in [2.75, 3.05) is 67.4 Å². The van der Waals surface area contributed by atoms with Crippen LogP contribution in [0.25, 0.3) is 16.5 Å². The number of methoxy groups -OCH3 is 1. The van der Waals surface area contributed by atoms with Crippen molar-refractivity contribution >= 4 is 68.4 Å². The highest BCUT2D eigenvalue weighted by Crippen LogP contribution is 2.35. The predicted octanol–water partition coefficient (Wildman–Crippen LogP) is 9.26. The molecule has 0 aliphatic carbocycles. The first-order valence-corrected chi connectivity index (χ1v) is 20.8. The molecule has 2 aromatic heterocycles. The maximum absolute atomic E-state index is 13.5. The van der Waals surface area contributed by atoms with E-state index in [1.54, 1.807) is 47.3 Å². The lowest BCUT2D eigenvalue weighted by Crippen LogP contribution is -2.41. The average molecular weight is 929 g/mol. The molecule has 3 heterocycles. The first-order valence-electron chi connectivity index (χ1n) is 20.0. The van der Waals surface area contributed by atoms with Crippen LogP contribution in [0.4, 0.5) is 27.9 Å². The zero-order valence-corrected chi connectivity index (χ0v) is 35.8. The molecule has 6 aromatic rings. The second kappa shape index (κ2) is 22.0. The summed E-state index contributed by atoms with van der Waals surface area (Å²) < 4.78 is 25.1. The summed E-state index contributed by atoms with van der Waals surface area (Å²) in [5.41, 5.74) is 4.47. The number of benzene rings is 4. The standard InChI is InChI=1S/C43H47N9O5.CH3I.CH4/c1-28(2)25-31-27-39(52(50-31)32-12-9-29(3)10-13-32)48-43(54)47-36-14-16-38(34-8-6-5-7-33(34)36)57-40-17-18-45-42(49-40)46-30-11-15-37(55-4)35(26-30)41(53)44-19-20-51-21-23-56-24-22-51;1-2;/h5-18,26-28H,19-25H2,1-4H3,(H,44,53)(H,45,46,49)(H2,47,48,54);1H3;1H4/i;1D;. The number of ether oxygens (including phenoxy) is 3. The minimum absolute atomic E-state index is 0. The third kappa shape index (κ3) is 11.9. The van der Waals surface area contributed by atoms with Gasteiger partial charge >= 0.3 is 6.03 Å². The molecular weight excluding hydrogens is 873 g/mol. The number of carbonyl (C=O) groups is 2. The Morgan fingerprint density at radius 3 is 2.42 bits per heavy atom. The van der Waals surface area contributed by atoms with Crippen LogP contribution in [0.15, 0.2) is 97.2 Å². The molecule has 0 saturated carbocycles. The van der Waals surface area contributed by atoms with Crippen molar-refractivity contribution in [3.63, 3.8) is 0 Å². The van der Waals surface area contributed by atoms with Gasteiger partial charge in [-0.15, -0.1) is 0 Å². The van der Waals surface area contributed by atoms with Crippen LogP contribution in [0.2, 0.25) is 0 Å². The van der Waals surface area contributed by atoms with Crippen LogP contribution in [0.5, 0.6) is 17.4 Å². The van der Waals surface area contributed by atoms with Gasteiger partial charge in [-0.05, 0) is 66.6 Å². The number of aryl methyl sites for hydroxylation is 1. The number of fused-ring (bicyclic) bond motifs is 1. The molecule has 1 aliphatic heterocycles. The number of rotatable bonds is 14. The van der Waals surface area contributed by atoms with Gasteiger partial charge in [0.1, 0.15) is 17.3 Å². The van der Waals surface area contributed by atoms with E-state index in [0.29, 0.717) is 70.7 Å². The van der Waals surface area contributed by atoms with Crippen LogP contribution >= 0.6 is 22.6 Å². The average Bonchev–Trinajstić information content (AvgIpc) is 3.63. The normalized spacial score (nSPS) is 12.7. The number of halogens is 1. The van der Waals surface area contributed by atoms with E-state index in [1.807, 2.05) is 84.1 Å². The zero-order chi connectivity index (χ0) is 42.4. The highest BCUT2D eigenvalue weighted by atomic mass is 127. The van der Waals surface area contributed by atoms with Crippen LogP contribution in [0, 0.1) is 12.8 Å². The van der Waals surface area contributed by atoms with Gasteiger partial charge in [-0.3, -0.25) is 15.0 Å². The van der Waals surface area contributed by atoms with Crippen LogP contribution in [0.3, 0.4) is 0 Å². The van der Waals surface area contributed by atoms with E-state index in [9.17, 15) is 9.59 Å². The summed E-state index contributed by atoms with van der Waals surface area (Å²) in [4.78, 5) is 38.4. The Morgan fingerprint density at radius 1 is 0.950 bits per heavy atom. The lowest BCUT2D eigenvalue weighted by atomic mass is 10.1. The largest absolute Gasteiger partial charge is 0.496 e. The first-order chi connectivity index (χ1) is 29.1. The molecule has 1 aliphatic rings. The molecule has 7 rings (SSSR count). The van der Waals surface area contributed by atoms with Gasteiger partial charge in [0.15, 0.2) is 0 Å². The van der Waals surface area contributed by atoms with Crippen molar-refractivity contribution in [1.29, 1.82) is 0 Å². The Morgan fingerprint density at radius 2 is 1.68 bits per heavy atom. The fraction of sp³-hybridized carbons (Fsp3) is 0.311. The molecule has 0 atom stereocenters. The van der Waals surface area contributed by atoms with Crippen LogP contribution in [-0.4, -0.2) is 88.0 Å². The third-order valence-corrected chi connectivity index (χ3v) is 9.39. The van der Waals surface area contributed by atoms with Crippen molar-refractivity contribution < 1.29 is 25.2 Å². The number of aromatic nitrogens is 4. The Labute approximate surface area is 367 Å². The molecule has 1 saturated heterocycles. The topological polar surface area (TPSA) is 157 Å². The van der Waals surface area contributed by atoms with Gasteiger partial charge < -0.3 is 30.2 Å². The van der Waals surface area contributed by atoms with E-state index in [0.717, 1.165) is 53.8 Å². The molecule has 0 spiro atoms. The molecule has 0 radical (unpaired) electrons. The molecule has 4 aromatic carbocycles. The van der Waals surface area contributed by atoms with Crippen molar-refractivity contribution in [2.45, 2.75) is 34.6 Å². The predicted molar refractivity (Wildman–Crippen MR) is 248 cm³/mol. The monoisotopic (exact) mass is 928 g/mol. The second-order valence-electron chi connectivity index (χ2n) is 14.2. The summed E-state index contributed by atoms with van der Waals surface area (Å²) in [6, 6.07) is 27.6. The molecule has 60 heavy (non-hydrogen) atoms. The molecular formula is C45H54IN9O5. The van der Waals surface area contributed by atoms with Crippen molar-refractivity contribution in [3.8, 4) is 23.1 Å². The highest BCUT2D eigenvalue weighted by molar-refractivity contribution is 14.1. The number of carbonyl (C=O) groups excluding carboxylic acids is 2. The van der Waals surface area contributed by atoms with Crippen molar-refractivity contribution in [2.24, 2.45) is 5.92 Å². The minimum atomic E-state index is -0.406. The highest BCUT2D eigenvalue weighted by Gasteiger charge is 2.18. The number of hydrogen-bond acceptors (Lipinski definition) is 10. The SMILES string of the molecule is C.COc1ccc(Nc2nccc(Oc3ccc(NC(=O)Nc4cc(CC(C)C)nn4-c4ccc(C)cc4)c4ccccc34)n2)cc1C(=O)NCCN1CCOCC1.[2H]CI. The van der Waals surface area contributed by atoms with E-state index < -0.39 is 6.03 Å². The summed E-state index contributed by atoms with van der Waals surface area (Å²) in [7, 11) is 1.53. The number of urea groups is 1. The number of nitrogens with one attached hydrogen (secondary N) is 4. The fourth-order valence-electron chi connectivity index (χ4n) is 6.57. The van der Waals surface area contributed by atoms with Gasteiger partial charge in [0.2, 0.25) is 11.8 Å². The van der Waals surface area contributed by atoms with Crippen LogP contribution < -0.4 is 30.7 Å². The molecule has 316 valence electrons. The van der Waals surface area contributed by atoms with E-state index >= 15 is 0 Å². The van der Waals surface area contributed by atoms with Gasteiger partial charge in [0, 0.05) is 62.3 Å². The maximum Gasteiger partial charge on any atom is 0.324 e. The van der Waals surface area contributed by atoms with E-state index in [-0.39, 0.29) is 19.3 Å². The Kier molecular flexibility index (Phi) is 16.1. The molecule has 0 bridgehead atoms. The van der Waals surface area contributed by atoms with Gasteiger partial charge in [0.05, 0.1) is 43.0 Å². The lowest BCUT2D eigenvalue weighted by Gasteiger charge is -2.26. The van der Waals surface area contributed by atoms with Crippen LogP contribution in [0.1, 0.15) is 44.3 Å². The lowest BCUT2D eigenvalue weighted by molar-refractivity contribution is 0.0383. The van der Waals surface area contributed by atoms with Crippen molar-refractivity contribution in [3.05, 3.63) is 114 Å². The first kappa shape index (κ1) is 43.8. The number of amides is 3. The second-order valence-corrected chi connectivity index (χ2v) is 14.2. The van der Waals surface area contributed by atoms with Gasteiger partial charge in [-0.25, -0.2) is 14.5 Å². The smallest absolute Gasteiger partial charge is 0.324 e. The third-order valence-electron chi connectivity index (χ3n) is 9.39. The van der Waals surface area contributed by atoms with Crippen LogP contribution in [-0.2, 0) is 11.2 Å². The van der Waals surface area contributed by atoms with Crippen molar-refractivity contribution in [1.82, 2.24) is 30.0 Å². The summed E-state index contributed by atoms with van der Waals surface area (Å²) >= 11 is 1.96. The molecule has 3 amide bonds. The molecule has 14 nitrogen and oxygen atoms in total. The minimum Gasteiger partial charge on any atom is -0.496 e.